The minimum absolute atomic E-state index is 0.222. The maximum Gasteiger partial charge on any atom is 0.347 e. The van der Waals surface area contributed by atoms with Crippen molar-refractivity contribution in [3.63, 3.8) is 0 Å². The number of aliphatic carboxylic acids is 1. The van der Waals surface area contributed by atoms with E-state index in [1.165, 1.54) is 0 Å². The second kappa shape index (κ2) is 55.8. The molecule has 32 atom stereocenters. The summed E-state index contributed by atoms with van der Waals surface area (Å²) in [6.07, 6.45) is -50.6. The number of carbonyl (C=O) groups excluding carboxylic acids is 12. The number of aliphatic hydroxyl groups excluding tert-OH is 8. The zero-order valence-electron chi connectivity index (χ0n) is 75.2. The zero-order valence-corrected chi connectivity index (χ0v) is 75.2. The molecular weight excluding hydrogens is 1750 g/mol. The van der Waals surface area contributed by atoms with Gasteiger partial charge in [0.2, 0.25) is 6.10 Å². The number of hydrogen-bond donors (Lipinski definition) is 9. The number of aliphatic hydroxyl groups is 8. The van der Waals surface area contributed by atoms with Crippen LogP contribution < -0.4 is 0 Å². The number of carboxylic acids is 1. The number of esters is 12. The van der Waals surface area contributed by atoms with Crippen molar-refractivity contribution in [1.82, 2.24) is 0 Å². The third-order valence-electron chi connectivity index (χ3n) is 21.3. The van der Waals surface area contributed by atoms with Crippen LogP contribution in [0.4, 0.5) is 0 Å². The number of unbranched alkanes of at least 4 members (excludes halogenated alkanes) is 13. The summed E-state index contributed by atoms with van der Waals surface area (Å²) in [6, 6.07) is 0. The summed E-state index contributed by atoms with van der Waals surface area (Å²) >= 11 is 0. The van der Waals surface area contributed by atoms with Gasteiger partial charge in [-0.15, -0.1) is 0 Å². The predicted molar refractivity (Wildman–Crippen MR) is 425 cm³/mol. The molecule has 0 aromatic carbocycles. The Bertz CT molecular complexity index is 3570. The summed E-state index contributed by atoms with van der Waals surface area (Å²) in [5.41, 5.74) is 0. The third-order valence-corrected chi connectivity index (χ3v) is 21.3. The Morgan fingerprint density at radius 3 is 1.06 bits per heavy atom. The van der Waals surface area contributed by atoms with Crippen LogP contribution in [0.5, 0.6) is 0 Å². The van der Waals surface area contributed by atoms with Crippen molar-refractivity contribution in [2.45, 2.75) is 396 Å². The van der Waals surface area contributed by atoms with Crippen LogP contribution in [-0.2, 0) is 181 Å². The van der Waals surface area contributed by atoms with Gasteiger partial charge in [-0.2, -0.15) is 0 Å². The summed E-state index contributed by atoms with van der Waals surface area (Å²) < 4.78 is 148. The molecule has 744 valence electrons. The fourth-order valence-electron chi connectivity index (χ4n) is 15.4. The first-order valence-electron chi connectivity index (χ1n) is 43.4. The van der Waals surface area contributed by atoms with E-state index in [0.29, 0.717) is 32.3 Å². The van der Waals surface area contributed by atoms with Gasteiger partial charge in [-0.1, -0.05) is 96.8 Å². The molecule has 9 N–H and O–H groups in total. The molecule has 6 aliphatic rings. The van der Waals surface area contributed by atoms with E-state index in [4.69, 9.17) is 118 Å². The van der Waals surface area contributed by atoms with Gasteiger partial charge in [-0.25, -0.2) is 4.79 Å². The van der Waals surface area contributed by atoms with Crippen LogP contribution in [-0.4, -0.2) is 373 Å². The van der Waals surface area contributed by atoms with Crippen molar-refractivity contribution in [2.24, 2.45) is 0 Å². The molecule has 6 heterocycles. The van der Waals surface area contributed by atoms with Crippen LogP contribution in [0.1, 0.15) is 199 Å². The van der Waals surface area contributed by atoms with Gasteiger partial charge in [0.1, 0.15) is 137 Å². The Balaban J connectivity index is 1.38. The van der Waals surface area contributed by atoms with Crippen LogP contribution in [0.3, 0.4) is 0 Å². The lowest BCUT2D eigenvalue weighted by atomic mass is 9.94. The maximum atomic E-state index is 13.9. The van der Waals surface area contributed by atoms with Gasteiger partial charge >= 0.3 is 77.6 Å². The molecule has 0 radical (unpaired) electrons. The van der Waals surface area contributed by atoms with Gasteiger partial charge in [0.05, 0.1) is 19.3 Å². The lowest BCUT2D eigenvalue weighted by Gasteiger charge is -2.51. The fraction of sp³-hybridized carbons (Fsp3) is 0.843. The van der Waals surface area contributed by atoms with E-state index in [9.17, 15) is 108 Å². The highest BCUT2D eigenvalue weighted by Gasteiger charge is 2.62. The minimum atomic E-state index is -2.43. The molecular formula is C83H130O47. The standard InChI is InChI=1S/C83H130O47/c1-14-29-51(30-27-25-23-21-19-17-15-16-18-20-22-24-26-28-31-106-33-58(77(104)105)112-44(7)90)119-80-72(129-79-65(103)70(115-47(10)93)67(113-45(8)91)55(123-79)36-109-41(4)87)64(102)66(52(32-84)120-80)126-82-75(118-50(13)96)74(117-49(12)95)69(57(125-82)38-111-43(6)89)127-83-76(73(116-48(11)94)68(114-46(9)92)56(124-83)37-110-42(5)88)130-81-71(62(100)60(98)54(122-81)35-108-40(3)86)128-78-63(101)61(99)59(97)53(121-78)34-107-39(2)85/h51-76,78-84,97-103H,14-38H2,1-13H3,(H,104,105)/t51-,52-,53-,54-,55-,56-,57-,58-,59-,60-,61+,62+,63-,64+,65-,66-,67-,68-,69-,70-,71-,72-,73+,74?,75-,76-,78+,79+,80-,81+,82+,83+/m1/s1. The quantitative estimate of drug-likeness (QED) is 0.0206. The Kier molecular flexibility index (Phi) is 47.7. The molecule has 0 bridgehead atoms. The first-order chi connectivity index (χ1) is 61.5. The van der Waals surface area contributed by atoms with E-state index >= 15 is 0 Å². The number of carbonyl (C=O) groups is 13. The molecule has 0 aliphatic carbocycles. The van der Waals surface area contributed by atoms with Crippen molar-refractivity contribution in [2.75, 3.05) is 52.9 Å². The first kappa shape index (κ1) is 111. The smallest absolute Gasteiger partial charge is 0.347 e. The highest BCUT2D eigenvalue weighted by atomic mass is 16.8. The Morgan fingerprint density at radius 2 is 0.615 bits per heavy atom. The van der Waals surface area contributed by atoms with E-state index in [-0.39, 0.29) is 6.61 Å². The highest BCUT2D eigenvalue weighted by molar-refractivity contribution is 5.77. The van der Waals surface area contributed by atoms with E-state index in [1.54, 1.807) is 0 Å². The molecule has 47 heteroatoms. The van der Waals surface area contributed by atoms with E-state index in [0.717, 1.165) is 167 Å². The summed E-state index contributed by atoms with van der Waals surface area (Å²) in [5.74, 6) is -13.5. The molecule has 1 unspecified atom stereocenters. The van der Waals surface area contributed by atoms with Crippen molar-refractivity contribution >= 4 is 77.6 Å². The third kappa shape index (κ3) is 35.6. The molecule has 6 rings (SSSR count). The SMILES string of the molecule is CCC[C@H](CCCCCCCCCCCCCCCCOC[C@@H](OC(C)=O)C(=O)O)O[C@@H]1O[C@H](CO)[C@@H](O[C@@H]2O[C@H](COC(C)=O)[C@@H](O[C@@H]3O[C@H](COC(C)=O)[C@@H](OC(C)=O)[C@H](OC(C)=O)[C@H]3O[C@@H]3O[C@H](COC(C)=O)[C@@H](O)[C@H](O)[C@H]3O[C@@H]3O[C@H](COC(C)=O)[C@@H](O)[C@H](O)[C@H]3O)C(OC(C)=O)[C@H]2OC(C)=O)[C@H](O)[C@H]1O[C@@H]1O[C@H](COC(C)=O)[C@@H](OC(C)=O)[C@H](OC(C)=O)[C@H]1O. The number of rotatable bonds is 52. The van der Waals surface area contributed by atoms with Crippen LogP contribution in [0.25, 0.3) is 0 Å². The van der Waals surface area contributed by atoms with Crippen molar-refractivity contribution < 1.29 is 227 Å². The largest absolute Gasteiger partial charge is 0.478 e. The monoisotopic (exact) mass is 1880 g/mol. The van der Waals surface area contributed by atoms with Gasteiger partial charge in [0.25, 0.3) is 0 Å². The van der Waals surface area contributed by atoms with Gasteiger partial charge < -0.3 is 164 Å². The summed E-state index contributed by atoms with van der Waals surface area (Å²) in [5, 5.41) is 103. The van der Waals surface area contributed by atoms with Gasteiger partial charge in [0, 0.05) is 89.7 Å². The molecule has 130 heavy (non-hydrogen) atoms. The van der Waals surface area contributed by atoms with Crippen LogP contribution >= 0.6 is 0 Å². The Hall–Kier alpha value is -7.73. The average Bonchev–Trinajstić information content (AvgIpc) is 0.755. The van der Waals surface area contributed by atoms with E-state index in [2.05, 4.69) is 0 Å². The molecule has 0 saturated carbocycles. The molecule has 0 spiro atoms. The van der Waals surface area contributed by atoms with Crippen LogP contribution in [0.2, 0.25) is 0 Å². The normalized spacial score (nSPS) is 33.1. The lowest BCUT2D eigenvalue weighted by molar-refractivity contribution is -0.409. The molecule has 6 aliphatic heterocycles. The summed E-state index contributed by atoms with van der Waals surface area (Å²) in [4.78, 5) is 165. The summed E-state index contributed by atoms with van der Waals surface area (Å²) in [6.45, 7) is 8.02. The van der Waals surface area contributed by atoms with E-state index < -0.39 is 314 Å². The molecule has 0 aromatic rings. The van der Waals surface area contributed by atoms with Crippen molar-refractivity contribution in [3.8, 4) is 0 Å². The maximum absolute atomic E-state index is 13.9. The number of ether oxygens (including phenoxy) is 25. The average molecular weight is 1880 g/mol. The number of carboxylic acid groups (broad SMARTS) is 1. The minimum Gasteiger partial charge on any atom is -0.478 e. The molecule has 6 fully saturated rings. The van der Waals surface area contributed by atoms with Gasteiger partial charge in [0.15, 0.2) is 80.5 Å². The lowest BCUT2D eigenvalue weighted by Crippen LogP contribution is -2.70. The predicted octanol–water partition coefficient (Wildman–Crippen LogP) is -0.744. The molecule has 47 nitrogen and oxygen atoms in total. The zero-order chi connectivity index (χ0) is 96.3. The Labute approximate surface area is 750 Å². The molecule has 0 aromatic heterocycles. The van der Waals surface area contributed by atoms with Crippen LogP contribution in [0.15, 0.2) is 0 Å². The molecule has 0 amide bonds. The second-order valence-electron chi connectivity index (χ2n) is 32.1. The van der Waals surface area contributed by atoms with Gasteiger partial charge in [-0.3, -0.25) is 57.5 Å². The molecule has 6 saturated heterocycles. The van der Waals surface area contributed by atoms with Crippen LogP contribution in [0, 0.1) is 0 Å². The fourth-order valence-corrected chi connectivity index (χ4v) is 15.4. The van der Waals surface area contributed by atoms with Crippen molar-refractivity contribution in [3.05, 3.63) is 0 Å². The Morgan fingerprint density at radius 1 is 0.285 bits per heavy atom. The topological polar surface area (TPSA) is 635 Å². The number of hydrogen-bond acceptors (Lipinski definition) is 46. The second-order valence-corrected chi connectivity index (χ2v) is 32.1. The van der Waals surface area contributed by atoms with E-state index in [1.807, 2.05) is 6.92 Å². The highest BCUT2D eigenvalue weighted by Crippen LogP contribution is 2.42. The van der Waals surface area contributed by atoms with Gasteiger partial charge in [-0.05, 0) is 19.3 Å². The van der Waals surface area contributed by atoms with Crippen molar-refractivity contribution in [1.29, 1.82) is 0 Å². The first-order valence-corrected chi connectivity index (χ1v) is 43.4. The summed E-state index contributed by atoms with van der Waals surface area (Å²) in [7, 11) is 0.